The van der Waals surface area contributed by atoms with Crippen LogP contribution in [0, 0.1) is 11.3 Å². The molecule has 124 valence electrons. The first kappa shape index (κ1) is 17.3. The number of hydrogen-bond donors (Lipinski definition) is 1. The summed E-state index contributed by atoms with van der Waals surface area (Å²) in [5.74, 6) is 0. The number of nitrogens with zero attached hydrogens (tertiary/aromatic N) is 2. The van der Waals surface area contributed by atoms with E-state index in [4.69, 9.17) is 10.00 Å². The van der Waals surface area contributed by atoms with Crippen molar-refractivity contribution in [3.8, 4) is 6.07 Å². The van der Waals surface area contributed by atoms with Crippen LogP contribution in [0.25, 0.3) is 0 Å². The number of rotatable bonds is 1. The zero-order chi connectivity index (χ0) is 17.1. The molecule has 0 saturated carbocycles. The Kier molecular flexibility index (Phi) is 4.96. The number of ether oxygens (including phenoxy) is 1. The van der Waals surface area contributed by atoms with Gasteiger partial charge in [0.2, 0.25) is 0 Å². The topological polar surface area (TPSA) is 73.6 Å². The molecule has 1 fully saturated rings. The summed E-state index contributed by atoms with van der Waals surface area (Å²) in [5.41, 5.74) is -0.124. The van der Waals surface area contributed by atoms with Crippen LogP contribution in [0.1, 0.15) is 51.2 Å². The summed E-state index contributed by atoms with van der Waals surface area (Å²) in [6.45, 7) is 6.56. The normalized spacial score (nSPS) is 22.1. The lowest BCUT2D eigenvalue weighted by molar-refractivity contribution is 0.0128. The number of carbonyl (C=O) groups excluding carboxylic acids is 1. The van der Waals surface area contributed by atoms with Gasteiger partial charge < -0.3 is 14.7 Å². The van der Waals surface area contributed by atoms with Crippen molar-refractivity contribution in [2.24, 2.45) is 0 Å². The predicted molar refractivity (Wildman–Crippen MR) is 86.7 cm³/mol. The average molecular weight is 316 g/mol. The molecule has 1 heterocycles. The van der Waals surface area contributed by atoms with E-state index in [1.807, 2.05) is 20.8 Å². The van der Waals surface area contributed by atoms with Crippen LogP contribution in [0.15, 0.2) is 24.3 Å². The fraction of sp³-hybridized carbons (Fsp3) is 0.556. The Morgan fingerprint density at radius 3 is 2.48 bits per heavy atom. The summed E-state index contributed by atoms with van der Waals surface area (Å²) in [6.07, 6.45) is 1.41. The molecule has 1 aliphatic heterocycles. The van der Waals surface area contributed by atoms with Crippen molar-refractivity contribution in [3.05, 3.63) is 35.4 Å². The highest BCUT2D eigenvalue weighted by Gasteiger charge is 2.34. The summed E-state index contributed by atoms with van der Waals surface area (Å²) >= 11 is 0. The van der Waals surface area contributed by atoms with Crippen LogP contribution >= 0.6 is 0 Å². The second-order valence-corrected chi connectivity index (χ2v) is 7.04. The number of amides is 1. The molecular formula is C18H24N2O3. The highest BCUT2D eigenvalue weighted by Crippen LogP contribution is 2.33. The molecule has 1 aromatic rings. The summed E-state index contributed by atoms with van der Waals surface area (Å²) < 4.78 is 5.41. The Labute approximate surface area is 137 Å². The van der Waals surface area contributed by atoms with Gasteiger partial charge in [0.15, 0.2) is 0 Å². The molecular weight excluding hydrogens is 292 g/mol. The van der Waals surface area contributed by atoms with Crippen LogP contribution in [-0.2, 0) is 10.3 Å². The molecule has 1 atom stereocenters. The number of likely N-dealkylation sites (tertiary alicyclic amines) is 1. The predicted octanol–water partition coefficient (Wildman–Crippen LogP) is 3.17. The van der Waals surface area contributed by atoms with Crippen molar-refractivity contribution in [1.29, 1.82) is 5.26 Å². The third-order valence-corrected chi connectivity index (χ3v) is 4.02. The lowest BCUT2D eigenvalue weighted by Crippen LogP contribution is -2.38. The van der Waals surface area contributed by atoms with Crippen LogP contribution in [0.4, 0.5) is 4.79 Å². The standard InChI is InChI=1S/C18H24N2O3/c1-17(2,3)23-16(21)20-11-4-9-18(22,10-12-20)15-7-5-14(13-19)6-8-15/h5-8,22H,4,9-12H2,1-3H3. The smallest absolute Gasteiger partial charge is 0.410 e. The van der Waals surface area contributed by atoms with E-state index in [0.717, 1.165) is 5.56 Å². The molecule has 23 heavy (non-hydrogen) atoms. The number of nitriles is 1. The van der Waals surface area contributed by atoms with Crippen molar-refractivity contribution in [3.63, 3.8) is 0 Å². The van der Waals surface area contributed by atoms with Gasteiger partial charge in [-0.25, -0.2) is 4.79 Å². The molecule has 1 aliphatic rings. The summed E-state index contributed by atoms with van der Waals surface area (Å²) in [7, 11) is 0. The van der Waals surface area contributed by atoms with Crippen LogP contribution in [0.5, 0.6) is 0 Å². The lowest BCUT2D eigenvalue weighted by Gasteiger charge is -2.28. The third-order valence-electron chi connectivity index (χ3n) is 4.02. The molecule has 0 radical (unpaired) electrons. The van der Waals surface area contributed by atoms with E-state index in [2.05, 4.69) is 6.07 Å². The monoisotopic (exact) mass is 316 g/mol. The van der Waals surface area contributed by atoms with Gasteiger partial charge in [0, 0.05) is 13.1 Å². The molecule has 1 saturated heterocycles. The first-order valence-corrected chi connectivity index (χ1v) is 7.94. The fourth-order valence-corrected chi connectivity index (χ4v) is 2.77. The first-order valence-electron chi connectivity index (χ1n) is 7.94. The maximum atomic E-state index is 12.2. The van der Waals surface area contributed by atoms with Crippen LogP contribution < -0.4 is 0 Å². The summed E-state index contributed by atoms with van der Waals surface area (Å²) in [6, 6.07) is 9.09. The number of carbonyl (C=O) groups is 1. The minimum Gasteiger partial charge on any atom is -0.444 e. The Morgan fingerprint density at radius 2 is 1.91 bits per heavy atom. The van der Waals surface area contributed by atoms with E-state index < -0.39 is 11.2 Å². The zero-order valence-electron chi connectivity index (χ0n) is 14.0. The van der Waals surface area contributed by atoms with Gasteiger partial charge in [0.25, 0.3) is 0 Å². The van der Waals surface area contributed by atoms with Crippen molar-refractivity contribution < 1.29 is 14.6 Å². The third kappa shape index (κ3) is 4.46. The number of aliphatic hydroxyl groups is 1. The Balaban J connectivity index is 2.07. The van der Waals surface area contributed by atoms with Gasteiger partial charge in [-0.3, -0.25) is 0 Å². The molecule has 5 heteroatoms. The molecule has 1 aromatic carbocycles. The minimum absolute atomic E-state index is 0.332. The number of benzene rings is 1. The van der Waals surface area contributed by atoms with Crippen molar-refractivity contribution >= 4 is 6.09 Å². The Hall–Kier alpha value is -2.06. The Bertz CT molecular complexity index is 598. The van der Waals surface area contributed by atoms with Gasteiger partial charge in [-0.2, -0.15) is 5.26 Å². The van der Waals surface area contributed by atoms with Crippen molar-refractivity contribution in [1.82, 2.24) is 4.90 Å². The maximum absolute atomic E-state index is 12.2. The average Bonchev–Trinajstić information content (AvgIpc) is 2.69. The highest BCUT2D eigenvalue weighted by atomic mass is 16.6. The van der Waals surface area contributed by atoms with E-state index in [1.54, 1.807) is 29.2 Å². The summed E-state index contributed by atoms with van der Waals surface area (Å²) in [5, 5.41) is 19.8. The van der Waals surface area contributed by atoms with E-state index >= 15 is 0 Å². The maximum Gasteiger partial charge on any atom is 0.410 e. The quantitative estimate of drug-likeness (QED) is 0.863. The van der Waals surface area contributed by atoms with Gasteiger partial charge >= 0.3 is 6.09 Å². The lowest BCUT2D eigenvalue weighted by atomic mass is 9.86. The molecule has 1 unspecified atom stereocenters. The molecule has 5 nitrogen and oxygen atoms in total. The van der Waals surface area contributed by atoms with Gasteiger partial charge in [0.05, 0.1) is 17.2 Å². The van der Waals surface area contributed by atoms with Crippen LogP contribution in [0.2, 0.25) is 0 Å². The minimum atomic E-state index is -0.968. The summed E-state index contributed by atoms with van der Waals surface area (Å²) in [4.78, 5) is 13.8. The van der Waals surface area contributed by atoms with E-state index in [0.29, 0.717) is 37.9 Å². The molecule has 0 bridgehead atoms. The largest absolute Gasteiger partial charge is 0.444 e. The van der Waals surface area contributed by atoms with E-state index in [1.165, 1.54) is 0 Å². The van der Waals surface area contributed by atoms with E-state index in [9.17, 15) is 9.90 Å². The van der Waals surface area contributed by atoms with Crippen LogP contribution in [-0.4, -0.2) is 34.8 Å². The zero-order valence-corrected chi connectivity index (χ0v) is 14.0. The first-order chi connectivity index (χ1) is 10.7. The Morgan fingerprint density at radius 1 is 1.26 bits per heavy atom. The molecule has 1 amide bonds. The second kappa shape index (κ2) is 6.59. The van der Waals surface area contributed by atoms with Crippen molar-refractivity contribution in [2.75, 3.05) is 13.1 Å². The fourth-order valence-electron chi connectivity index (χ4n) is 2.77. The van der Waals surface area contributed by atoms with Crippen LogP contribution in [0.3, 0.4) is 0 Å². The van der Waals surface area contributed by atoms with Crippen molar-refractivity contribution in [2.45, 2.75) is 51.2 Å². The SMILES string of the molecule is CC(C)(C)OC(=O)N1CCCC(O)(c2ccc(C#N)cc2)CC1. The van der Waals surface area contributed by atoms with Gasteiger partial charge in [-0.1, -0.05) is 12.1 Å². The second-order valence-electron chi connectivity index (χ2n) is 7.04. The van der Waals surface area contributed by atoms with Gasteiger partial charge in [-0.05, 0) is 57.7 Å². The van der Waals surface area contributed by atoms with E-state index in [-0.39, 0.29) is 6.09 Å². The molecule has 0 spiro atoms. The molecule has 0 aliphatic carbocycles. The highest BCUT2D eigenvalue weighted by molar-refractivity contribution is 5.68. The molecule has 2 rings (SSSR count). The van der Waals surface area contributed by atoms with Gasteiger partial charge in [0.1, 0.15) is 5.60 Å². The molecule has 1 N–H and O–H groups in total. The van der Waals surface area contributed by atoms with Gasteiger partial charge in [-0.15, -0.1) is 0 Å². The number of hydrogen-bond acceptors (Lipinski definition) is 4. The molecule has 0 aromatic heterocycles.